The van der Waals surface area contributed by atoms with E-state index >= 15 is 0 Å². The van der Waals surface area contributed by atoms with Gasteiger partial charge in [-0.15, -0.1) is 0 Å². The monoisotopic (exact) mass is 611 g/mol. The number of carbonyl (C=O) groups excluding carboxylic acids is 4. The maximum absolute atomic E-state index is 12.4. The predicted molar refractivity (Wildman–Crippen MR) is 138 cm³/mol. The summed E-state index contributed by atoms with van der Waals surface area (Å²) < 4.78 is 74.1. The summed E-state index contributed by atoms with van der Waals surface area (Å²) in [6.45, 7) is 10.5. The Morgan fingerprint density at radius 1 is 1.10 bits per heavy atom. The highest BCUT2D eigenvalue weighted by Gasteiger charge is 2.63. The summed E-state index contributed by atoms with van der Waals surface area (Å²) in [6.07, 6.45) is -7.68. The first-order valence-corrected chi connectivity index (χ1v) is 13.8. The van der Waals surface area contributed by atoms with Crippen LogP contribution in [0.4, 0.5) is 26.3 Å². The van der Waals surface area contributed by atoms with Crippen LogP contribution in [-0.4, -0.2) is 72.6 Å². The summed E-state index contributed by atoms with van der Waals surface area (Å²) in [6, 6.07) is 1.43. The molecule has 4 amide bonds. The molecular formula is C27H39F6N5O4. The van der Waals surface area contributed by atoms with Gasteiger partial charge in [0.05, 0.1) is 12.6 Å². The zero-order valence-electron chi connectivity index (χ0n) is 24.3. The Morgan fingerprint density at radius 3 is 1.98 bits per heavy atom. The molecule has 0 aromatic rings. The highest BCUT2D eigenvalue weighted by molar-refractivity contribution is 5.87. The second-order valence-corrected chi connectivity index (χ2v) is 12.7. The van der Waals surface area contributed by atoms with E-state index in [4.69, 9.17) is 5.26 Å². The molecule has 0 radical (unpaired) electrons. The van der Waals surface area contributed by atoms with Gasteiger partial charge in [-0.1, -0.05) is 34.6 Å². The summed E-state index contributed by atoms with van der Waals surface area (Å²) >= 11 is 0. The van der Waals surface area contributed by atoms with Crippen molar-refractivity contribution in [1.29, 1.82) is 5.26 Å². The number of likely N-dealkylation sites (tertiary alicyclic amines) is 1. The third kappa shape index (κ3) is 9.22. The van der Waals surface area contributed by atoms with Crippen molar-refractivity contribution in [3.8, 4) is 6.07 Å². The third-order valence-corrected chi connectivity index (χ3v) is 8.00. The fraction of sp³-hybridized carbons (Fsp3) is 0.815. The first-order valence-electron chi connectivity index (χ1n) is 13.8. The Morgan fingerprint density at radius 2 is 1.60 bits per heavy atom. The smallest absolute Gasteiger partial charge is 0.350 e. The van der Waals surface area contributed by atoms with Crippen molar-refractivity contribution in [2.75, 3.05) is 19.6 Å². The van der Waals surface area contributed by atoms with Gasteiger partial charge in [0.25, 0.3) is 0 Å². The van der Waals surface area contributed by atoms with Gasteiger partial charge in [-0.2, -0.15) is 31.6 Å². The number of nitrogens with one attached hydrogen (secondary N) is 3. The maximum atomic E-state index is 12.4. The van der Waals surface area contributed by atoms with E-state index in [1.807, 2.05) is 19.9 Å². The number of fused-ring (bicyclic) bond motifs is 1. The summed E-state index contributed by atoms with van der Waals surface area (Å²) in [5.41, 5.74) is 0.153. The van der Waals surface area contributed by atoms with Crippen molar-refractivity contribution >= 4 is 24.1 Å². The van der Waals surface area contributed by atoms with Crippen LogP contribution in [-0.2, 0) is 19.2 Å². The fourth-order valence-electron chi connectivity index (χ4n) is 5.37. The van der Waals surface area contributed by atoms with Crippen molar-refractivity contribution in [1.82, 2.24) is 20.9 Å². The number of nitrogens with zero attached hydrogens (tertiary/aromatic N) is 2. The zero-order valence-corrected chi connectivity index (χ0v) is 24.3. The van der Waals surface area contributed by atoms with Gasteiger partial charge in [-0.3, -0.25) is 19.2 Å². The molecule has 2 heterocycles. The van der Waals surface area contributed by atoms with E-state index < -0.39 is 42.7 Å². The lowest BCUT2D eigenvalue weighted by Crippen LogP contribution is -2.50. The van der Waals surface area contributed by atoms with E-state index in [9.17, 15) is 45.5 Å². The lowest BCUT2D eigenvalue weighted by atomic mass is 9.96. The highest BCUT2D eigenvalue weighted by Crippen LogP contribution is 2.61. The second kappa shape index (κ2) is 13.1. The summed E-state index contributed by atoms with van der Waals surface area (Å²) in [4.78, 5) is 46.1. The van der Waals surface area contributed by atoms with Crippen molar-refractivity contribution in [2.24, 2.45) is 35.0 Å². The van der Waals surface area contributed by atoms with Crippen molar-refractivity contribution < 1.29 is 45.5 Å². The first-order chi connectivity index (χ1) is 19.2. The number of halogens is 6. The Hall–Kier alpha value is -3.05. The van der Waals surface area contributed by atoms with Crippen LogP contribution in [0, 0.1) is 46.3 Å². The van der Waals surface area contributed by atoms with E-state index in [1.165, 1.54) is 10.2 Å². The second-order valence-electron chi connectivity index (χ2n) is 12.7. The molecular weight excluding hydrogens is 572 g/mol. The van der Waals surface area contributed by atoms with Gasteiger partial charge in [0.1, 0.15) is 6.04 Å². The van der Waals surface area contributed by atoms with Crippen LogP contribution in [0.2, 0.25) is 0 Å². The number of piperidine rings is 1. The first kappa shape index (κ1) is 35.1. The lowest BCUT2D eigenvalue weighted by molar-refractivity contribution is -0.274. The van der Waals surface area contributed by atoms with Crippen LogP contribution in [0.3, 0.4) is 0 Å². The van der Waals surface area contributed by atoms with E-state index in [-0.39, 0.29) is 22.8 Å². The fourth-order valence-corrected chi connectivity index (χ4v) is 5.37. The molecule has 4 fully saturated rings. The Bertz CT molecular complexity index is 1020. The van der Waals surface area contributed by atoms with Gasteiger partial charge < -0.3 is 20.9 Å². The molecule has 15 heteroatoms. The third-order valence-electron chi connectivity index (χ3n) is 8.00. The van der Waals surface area contributed by atoms with Gasteiger partial charge in [-0.25, -0.2) is 0 Å². The lowest BCUT2D eigenvalue weighted by Gasteiger charge is -2.24. The SMILES string of the molecule is CC(C)C.CC1(C)C2CN(C(=O)CNC(=O)C(C(F)(F)F)C(F)(F)F)CC21.N#CC(CC1CC2(CC2)NC1=O)NC=O. The van der Waals surface area contributed by atoms with E-state index in [1.54, 1.807) is 0 Å². The average molecular weight is 612 g/mol. The zero-order chi connectivity index (χ0) is 32.3. The van der Waals surface area contributed by atoms with Crippen molar-refractivity contribution in [2.45, 2.75) is 84.2 Å². The molecule has 3 N–H and O–H groups in total. The largest absolute Gasteiger partial charge is 0.409 e. The van der Waals surface area contributed by atoms with Crippen LogP contribution >= 0.6 is 0 Å². The minimum atomic E-state index is -5.76. The molecule has 0 aromatic heterocycles. The Balaban J connectivity index is 0.000000277. The van der Waals surface area contributed by atoms with Crippen LogP contribution in [0.1, 0.15) is 60.3 Å². The molecule has 4 rings (SSSR count). The maximum Gasteiger partial charge on any atom is 0.409 e. The minimum absolute atomic E-state index is 0.0282. The predicted octanol–water partition coefficient (Wildman–Crippen LogP) is 3.30. The molecule has 2 saturated heterocycles. The molecule has 4 unspecified atom stereocenters. The van der Waals surface area contributed by atoms with Gasteiger partial charge in [-0.05, 0) is 48.9 Å². The molecule has 2 saturated carbocycles. The van der Waals surface area contributed by atoms with Crippen molar-refractivity contribution in [3.05, 3.63) is 0 Å². The molecule has 238 valence electrons. The number of hydrogen-bond donors (Lipinski definition) is 3. The molecule has 2 aliphatic carbocycles. The number of hydrogen-bond acceptors (Lipinski definition) is 5. The molecule has 1 spiro atoms. The quantitative estimate of drug-likeness (QED) is 0.300. The number of carbonyl (C=O) groups is 4. The number of rotatable bonds is 7. The molecule has 0 aromatic carbocycles. The van der Waals surface area contributed by atoms with Gasteiger partial charge in [0, 0.05) is 24.5 Å². The number of amides is 4. The normalized spacial score (nSPS) is 25.2. The van der Waals surface area contributed by atoms with Crippen LogP contribution in [0.15, 0.2) is 0 Å². The molecule has 42 heavy (non-hydrogen) atoms. The van der Waals surface area contributed by atoms with E-state index in [0.717, 1.165) is 25.2 Å². The summed E-state index contributed by atoms with van der Waals surface area (Å²) in [5.74, 6) is -5.74. The summed E-state index contributed by atoms with van der Waals surface area (Å²) in [5, 5.41) is 15.6. The number of nitriles is 1. The average Bonchev–Trinajstić information content (AvgIpc) is 3.51. The van der Waals surface area contributed by atoms with E-state index in [2.05, 4.69) is 31.4 Å². The molecule has 9 nitrogen and oxygen atoms in total. The van der Waals surface area contributed by atoms with Gasteiger partial charge in [0.15, 0.2) is 0 Å². The van der Waals surface area contributed by atoms with Crippen LogP contribution in [0.5, 0.6) is 0 Å². The summed E-state index contributed by atoms with van der Waals surface area (Å²) in [7, 11) is 0. The minimum Gasteiger partial charge on any atom is -0.350 e. The van der Waals surface area contributed by atoms with Crippen molar-refractivity contribution in [3.63, 3.8) is 0 Å². The Labute approximate surface area is 241 Å². The standard InChI is InChI=1S/C13H16F6N2O2.C10H13N3O2.C4H10/c1-11(2)6-4-21(5-7(6)11)8(22)3-20-10(23)9(12(14,15)16)13(17,18)19;11-5-8(12-6-14)3-7-4-10(1-2-10)13-9(7)15;1-4(2)3/h6-7,9H,3-5H2,1-2H3,(H,20,23);6-8H,1-4H2,(H,12,14)(H,13,15);4H,1-3H3. The van der Waals surface area contributed by atoms with Crippen LogP contribution in [0.25, 0.3) is 0 Å². The van der Waals surface area contributed by atoms with Gasteiger partial charge >= 0.3 is 12.4 Å². The molecule has 0 bridgehead atoms. The number of alkyl halides is 6. The highest BCUT2D eigenvalue weighted by atomic mass is 19.4. The topological polar surface area (TPSA) is 131 Å². The molecule has 4 aliphatic rings. The van der Waals surface area contributed by atoms with E-state index in [0.29, 0.717) is 37.8 Å². The molecule has 2 aliphatic heterocycles. The Kier molecular flexibility index (Phi) is 10.9. The van der Waals surface area contributed by atoms with Crippen LogP contribution < -0.4 is 16.0 Å². The molecule has 4 atom stereocenters. The van der Waals surface area contributed by atoms with Gasteiger partial charge in [0.2, 0.25) is 30.0 Å².